The quantitative estimate of drug-likeness (QED) is 0.137. The number of hydrogen-bond acceptors (Lipinski definition) is 6. The highest BCUT2D eigenvalue weighted by Gasteiger charge is 2.27. The van der Waals surface area contributed by atoms with E-state index in [9.17, 15) is 19.5 Å². The number of carbonyl (C=O) groups excluding carboxylic acids is 3. The van der Waals surface area contributed by atoms with Crippen LogP contribution in [0.4, 0.5) is 16.2 Å². The molecule has 0 heterocycles. The van der Waals surface area contributed by atoms with Crippen molar-refractivity contribution in [2.45, 2.75) is 25.9 Å². The standard InChI is InChI=1S/C28H28IN3O5/c1-18(9-5-8-14-25(34)31-23-13-7-6-12-22(23)30)26(21-17-20(29)15-16-24(21)33)37-28(36)32-27(35)19-10-3-2-4-11-19/h2-4,6-8,10-18,26,33H,5,9,30H2,1H3,(H,31,34)(H,32,35,36)/b14-8+/t18-,26-/m1/s1. The molecule has 3 amide bonds. The van der Waals surface area contributed by atoms with E-state index in [0.29, 0.717) is 35.3 Å². The Morgan fingerprint density at radius 3 is 2.49 bits per heavy atom. The molecule has 0 spiro atoms. The number of hydrogen-bond donors (Lipinski definition) is 4. The van der Waals surface area contributed by atoms with E-state index >= 15 is 0 Å². The van der Waals surface area contributed by atoms with Gasteiger partial charge in [0.1, 0.15) is 11.9 Å². The second-order valence-electron chi connectivity index (χ2n) is 8.38. The monoisotopic (exact) mass is 613 g/mol. The van der Waals surface area contributed by atoms with Gasteiger partial charge in [-0.05, 0) is 89.9 Å². The SMILES string of the molecule is C[C@H](CC/C=C/C(=O)Nc1ccccc1N)[C@@H](OC(=O)NC(=O)c1ccccc1)c1cc(I)ccc1O. The number of phenolic OH excluding ortho intramolecular Hbond substituents is 1. The van der Waals surface area contributed by atoms with E-state index in [1.807, 2.05) is 6.92 Å². The number of nitrogen functional groups attached to an aromatic ring is 1. The van der Waals surface area contributed by atoms with Crippen LogP contribution in [0.2, 0.25) is 0 Å². The number of rotatable bonds is 9. The molecule has 0 unspecified atom stereocenters. The van der Waals surface area contributed by atoms with Crippen LogP contribution in [0.3, 0.4) is 0 Å². The first kappa shape index (κ1) is 27.7. The summed E-state index contributed by atoms with van der Waals surface area (Å²) < 4.78 is 6.50. The van der Waals surface area contributed by atoms with Crippen LogP contribution in [0.25, 0.3) is 0 Å². The predicted octanol–water partition coefficient (Wildman–Crippen LogP) is 5.80. The number of carbonyl (C=O) groups is 3. The van der Waals surface area contributed by atoms with Crippen LogP contribution in [-0.2, 0) is 9.53 Å². The third-order valence-corrected chi connectivity index (χ3v) is 6.25. The van der Waals surface area contributed by atoms with Gasteiger partial charge < -0.3 is 20.9 Å². The first-order valence-corrected chi connectivity index (χ1v) is 12.7. The van der Waals surface area contributed by atoms with Crippen LogP contribution in [0.15, 0.2) is 84.9 Å². The lowest BCUT2D eigenvalue weighted by molar-refractivity contribution is -0.111. The van der Waals surface area contributed by atoms with Gasteiger partial charge in [0.05, 0.1) is 11.4 Å². The van der Waals surface area contributed by atoms with Crippen molar-refractivity contribution < 1.29 is 24.2 Å². The number of halogens is 1. The molecule has 37 heavy (non-hydrogen) atoms. The van der Waals surface area contributed by atoms with Crippen LogP contribution in [0, 0.1) is 9.49 Å². The second kappa shape index (κ2) is 13.4. The van der Waals surface area contributed by atoms with Crippen LogP contribution >= 0.6 is 22.6 Å². The Bertz CT molecular complexity index is 1280. The van der Waals surface area contributed by atoms with Crippen LogP contribution < -0.4 is 16.4 Å². The first-order chi connectivity index (χ1) is 17.7. The predicted molar refractivity (Wildman–Crippen MR) is 151 cm³/mol. The van der Waals surface area contributed by atoms with Crippen molar-refractivity contribution in [1.82, 2.24) is 5.32 Å². The van der Waals surface area contributed by atoms with Crippen LogP contribution in [-0.4, -0.2) is 23.0 Å². The van der Waals surface area contributed by atoms with Crippen molar-refractivity contribution in [3.63, 3.8) is 0 Å². The fraction of sp³-hybridized carbons (Fsp3) is 0.179. The van der Waals surface area contributed by atoms with Gasteiger partial charge in [-0.25, -0.2) is 4.79 Å². The maximum Gasteiger partial charge on any atom is 0.414 e. The molecule has 192 valence electrons. The molecule has 0 aliphatic heterocycles. The average molecular weight is 613 g/mol. The van der Waals surface area contributed by atoms with Gasteiger partial charge in [-0.3, -0.25) is 14.9 Å². The molecule has 9 heteroatoms. The Kier molecular flexibility index (Phi) is 10.1. The Hall–Kier alpha value is -3.86. The molecule has 8 nitrogen and oxygen atoms in total. The third kappa shape index (κ3) is 8.35. The van der Waals surface area contributed by atoms with E-state index in [-0.39, 0.29) is 17.6 Å². The number of nitrogens with one attached hydrogen (secondary N) is 2. The minimum Gasteiger partial charge on any atom is -0.508 e. The normalized spacial score (nSPS) is 12.5. The molecule has 3 rings (SSSR count). The van der Waals surface area contributed by atoms with Gasteiger partial charge >= 0.3 is 6.09 Å². The fourth-order valence-electron chi connectivity index (χ4n) is 3.62. The number of aromatic hydroxyl groups is 1. The molecule has 3 aromatic carbocycles. The van der Waals surface area contributed by atoms with Gasteiger partial charge in [0.2, 0.25) is 5.91 Å². The van der Waals surface area contributed by atoms with E-state index in [0.717, 1.165) is 3.57 Å². The molecule has 0 aromatic heterocycles. The van der Waals surface area contributed by atoms with Gasteiger partial charge in [-0.1, -0.05) is 43.3 Å². The summed E-state index contributed by atoms with van der Waals surface area (Å²) in [6, 6.07) is 20.3. The first-order valence-electron chi connectivity index (χ1n) is 11.6. The number of amides is 3. The molecule has 2 atom stereocenters. The molecule has 0 aliphatic carbocycles. The number of imide groups is 1. The summed E-state index contributed by atoms with van der Waals surface area (Å²) in [5.41, 5.74) is 7.61. The number of nitrogens with two attached hydrogens (primary N) is 1. The zero-order valence-corrected chi connectivity index (χ0v) is 22.3. The van der Waals surface area contributed by atoms with Gasteiger partial charge in [0.15, 0.2) is 0 Å². The minimum absolute atomic E-state index is 0.0187. The number of anilines is 2. The second-order valence-corrected chi connectivity index (χ2v) is 9.63. The molecule has 0 radical (unpaired) electrons. The van der Waals surface area contributed by atoms with Crippen LogP contribution in [0.1, 0.15) is 41.8 Å². The topological polar surface area (TPSA) is 131 Å². The molecule has 0 bridgehead atoms. The number of phenols is 1. The van der Waals surface area contributed by atoms with Crippen molar-refractivity contribution in [2.24, 2.45) is 5.92 Å². The largest absolute Gasteiger partial charge is 0.508 e. The van der Waals surface area contributed by atoms with Gasteiger partial charge in [0.25, 0.3) is 5.91 Å². The van der Waals surface area contributed by atoms with Crippen molar-refractivity contribution in [2.75, 3.05) is 11.1 Å². The lowest BCUT2D eigenvalue weighted by atomic mass is 9.92. The highest BCUT2D eigenvalue weighted by Crippen LogP contribution is 2.35. The van der Waals surface area contributed by atoms with Crippen molar-refractivity contribution in [1.29, 1.82) is 0 Å². The number of para-hydroxylation sites is 2. The fourth-order valence-corrected chi connectivity index (χ4v) is 4.14. The lowest BCUT2D eigenvalue weighted by Gasteiger charge is -2.25. The van der Waals surface area contributed by atoms with E-state index < -0.39 is 18.1 Å². The zero-order valence-electron chi connectivity index (χ0n) is 20.2. The van der Waals surface area contributed by atoms with E-state index in [1.165, 1.54) is 12.1 Å². The van der Waals surface area contributed by atoms with Gasteiger partial charge in [-0.2, -0.15) is 0 Å². The van der Waals surface area contributed by atoms with Gasteiger partial charge in [0, 0.05) is 14.7 Å². The molecule has 0 aliphatic rings. The molecule has 3 aromatic rings. The zero-order chi connectivity index (χ0) is 26.8. The van der Waals surface area contributed by atoms with E-state index in [4.69, 9.17) is 10.5 Å². The Morgan fingerprint density at radius 2 is 1.76 bits per heavy atom. The van der Waals surface area contributed by atoms with E-state index in [1.54, 1.807) is 72.8 Å². The summed E-state index contributed by atoms with van der Waals surface area (Å²) in [5.74, 6) is -1.17. The average Bonchev–Trinajstić information content (AvgIpc) is 2.88. The van der Waals surface area contributed by atoms with Crippen molar-refractivity contribution in [3.8, 4) is 5.75 Å². The lowest BCUT2D eigenvalue weighted by Crippen LogP contribution is -2.33. The number of benzene rings is 3. The van der Waals surface area contributed by atoms with E-state index in [2.05, 4.69) is 33.2 Å². The highest BCUT2D eigenvalue weighted by atomic mass is 127. The maximum absolute atomic E-state index is 12.6. The smallest absolute Gasteiger partial charge is 0.414 e. The number of ether oxygens (including phenoxy) is 1. The summed E-state index contributed by atoms with van der Waals surface area (Å²) in [4.78, 5) is 37.2. The summed E-state index contributed by atoms with van der Waals surface area (Å²) in [6.45, 7) is 1.87. The van der Waals surface area contributed by atoms with Crippen molar-refractivity contribution >= 4 is 51.9 Å². The highest BCUT2D eigenvalue weighted by molar-refractivity contribution is 14.1. The third-order valence-electron chi connectivity index (χ3n) is 5.58. The Morgan fingerprint density at radius 1 is 1.05 bits per heavy atom. The summed E-state index contributed by atoms with van der Waals surface area (Å²) in [7, 11) is 0. The molecule has 5 N–H and O–H groups in total. The number of alkyl carbamates (subject to hydrolysis) is 1. The molecular formula is C28H28IN3O5. The van der Waals surface area contributed by atoms with Crippen LogP contribution in [0.5, 0.6) is 5.75 Å². The van der Waals surface area contributed by atoms with Crippen molar-refractivity contribution in [3.05, 3.63) is 99.6 Å². The van der Waals surface area contributed by atoms with Gasteiger partial charge in [-0.15, -0.1) is 0 Å². The maximum atomic E-state index is 12.6. The molecule has 0 saturated carbocycles. The summed E-state index contributed by atoms with van der Waals surface area (Å²) in [5, 5.41) is 15.4. The minimum atomic E-state index is -0.917. The molecular weight excluding hydrogens is 585 g/mol. The summed E-state index contributed by atoms with van der Waals surface area (Å²) >= 11 is 2.11. The number of allylic oxidation sites excluding steroid dienone is 1. The molecule has 0 fully saturated rings. The Balaban J connectivity index is 1.65. The molecule has 0 saturated heterocycles. The summed E-state index contributed by atoms with van der Waals surface area (Å²) in [6.07, 6.45) is 2.43. The Labute approximate surface area is 229 Å².